The fraction of sp³-hybridized carbons (Fsp3) is 0.500. The van der Waals surface area contributed by atoms with Crippen molar-refractivity contribution in [3.05, 3.63) is 29.3 Å². The summed E-state index contributed by atoms with van der Waals surface area (Å²) in [6, 6.07) is 5.98. The summed E-state index contributed by atoms with van der Waals surface area (Å²) in [4.78, 5) is 26.9. The number of hydrogen-bond donors (Lipinski definition) is 2. The maximum atomic E-state index is 12.3. The zero-order chi connectivity index (χ0) is 15.9. The van der Waals surface area contributed by atoms with E-state index in [9.17, 15) is 9.59 Å². The van der Waals surface area contributed by atoms with E-state index < -0.39 is 12.1 Å². The average molecular weight is 303 g/mol. The quantitative estimate of drug-likeness (QED) is 0.890. The molecule has 1 heterocycles. The van der Waals surface area contributed by atoms with Gasteiger partial charge >= 0.3 is 6.09 Å². The summed E-state index contributed by atoms with van der Waals surface area (Å²) < 4.78 is 0. The molecule has 1 aliphatic heterocycles. The molecule has 6 nitrogen and oxygen atoms in total. The first-order valence-corrected chi connectivity index (χ1v) is 7.57. The largest absolute Gasteiger partial charge is 0.465 e. The van der Waals surface area contributed by atoms with E-state index in [4.69, 9.17) is 5.11 Å². The molecule has 2 unspecified atom stereocenters. The number of benzene rings is 1. The van der Waals surface area contributed by atoms with Gasteiger partial charge in [0, 0.05) is 18.3 Å². The number of carbonyl (C=O) groups is 2. The lowest BCUT2D eigenvalue weighted by atomic mass is 10.1. The Kier molecular flexibility index (Phi) is 3.78. The molecule has 118 valence electrons. The Morgan fingerprint density at radius 3 is 2.82 bits per heavy atom. The standard InChI is InChI=1S/C16H21N3O3/c1-18(2)14-6-3-10-9-11(4-5-12(10)14)19-8-7-13(15(19)20)17-16(21)22/h4-5,9,13-14,17H,3,6-8H2,1-2H3,(H,21,22). The highest BCUT2D eigenvalue weighted by Crippen LogP contribution is 2.37. The van der Waals surface area contributed by atoms with Crippen molar-refractivity contribution in [2.45, 2.75) is 31.3 Å². The van der Waals surface area contributed by atoms with Gasteiger partial charge in [-0.25, -0.2) is 4.79 Å². The number of carboxylic acid groups (broad SMARTS) is 1. The van der Waals surface area contributed by atoms with E-state index >= 15 is 0 Å². The lowest BCUT2D eigenvalue weighted by Crippen LogP contribution is -2.40. The zero-order valence-electron chi connectivity index (χ0n) is 12.9. The summed E-state index contributed by atoms with van der Waals surface area (Å²) >= 11 is 0. The first-order valence-electron chi connectivity index (χ1n) is 7.57. The summed E-state index contributed by atoms with van der Waals surface area (Å²) in [7, 11) is 4.17. The van der Waals surface area contributed by atoms with E-state index in [1.807, 2.05) is 6.07 Å². The molecule has 0 radical (unpaired) electrons. The highest BCUT2D eigenvalue weighted by Gasteiger charge is 2.34. The molecule has 1 fully saturated rings. The molecule has 0 bridgehead atoms. The third kappa shape index (κ3) is 2.54. The van der Waals surface area contributed by atoms with Crippen molar-refractivity contribution in [3.63, 3.8) is 0 Å². The number of carbonyl (C=O) groups excluding carboxylic acids is 1. The number of amides is 2. The minimum atomic E-state index is -1.15. The van der Waals surface area contributed by atoms with Crippen LogP contribution in [-0.2, 0) is 11.2 Å². The lowest BCUT2D eigenvalue weighted by molar-refractivity contribution is -0.118. The van der Waals surface area contributed by atoms with Crippen molar-refractivity contribution in [1.82, 2.24) is 10.2 Å². The number of rotatable bonds is 3. The second-order valence-corrected chi connectivity index (χ2v) is 6.18. The van der Waals surface area contributed by atoms with Crippen molar-refractivity contribution < 1.29 is 14.7 Å². The summed E-state index contributed by atoms with van der Waals surface area (Å²) in [6.07, 6.45) is 1.49. The monoisotopic (exact) mass is 303 g/mol. The Morgan fingerprint density at radius 1 is 1.36 bits per heavy atom. The van der Waals surface area contributed by atoms with Gasteiger partial charge in [0.15, 0.2) is 0 Å². The second-order valence-electron chi connectivity index (χ2n) is 6.18. The van der Waals surface area contributed by atoms with Crippen LogP contribution in [0.15, 0.2) is 18.2 Å². The lowest BCUT2D eigenvalue weighted by Gasteiger charge is -2.21. The molecule has 1 aromatic rings. The van der Waals surface area contributed by atoms with Crippen LogP contribution in [0.4, 0.5) is 10.5 Å². The molecule has 0 saturated carbocycles. The minimum absolute atomic E-state index is 0.162. The van der Waals surface area contributed by atoms with Crippen LogP contribution >= 0.6 is 0 Å². The van der Waals surface area contributed by atoms with Crippen LogP contribution in [0.3, 0.4) is 0 Å². The molecule has 2 aliphatic rings. The summed E-state index contributed by atoms with van der Waals surface area (Å²) in [5, 5.41) is 11.1. The molecule has 1 saturated heterocycles. The zero-order valence-corrected chi connectivity index (χ0v) is 12.9. The van der Waals surface area contributed by atoms with Gasteiger partial charge in [-0.1, -0.05) is 6.07 Å². The first-order chi connectivity index (χ1) is 10.5. The van der Waals surface area contributed by atoms with Gasteiger partial charge in [0.2, 0.25) is 5.91 Å². The van der Waals surface area contributed by atoms with Crippen molar-refractivity contribution >= 4 is 17.7 Å². The average Bonchev–Trinajstić information content (AvgIpc) is 3.02. The maximum absolute atomic E-state index is 12.3. The van der Waals surface area contributed by atoms with Crippen LogP contribution < -0.4 is 10.2 Å². The van der Waals surface area contributed by atoms with Crippen LogP contribution in [-0.4, -0.2) is 48.7 Å². The van der Waals surface area contributed by atoms with E-state index in [-0.39, 0.29) is 5.91 Å². The van der Waals surface area contributed by atoms with Crippen LogP contribution in [0.1, 0.15) is 30.0 Å². The number of hydrogen-bond acceptors (Lipinski definition) is 3. The van der Waals surface area contributed by atoms with Crippen LogP contribution in [0.5, 0.6) is 0 Å². The van der Waals surface area contributed by atoms with Gasteiger partial charge in [-0.05, 0) is 56.6 Å². The predicted octanol–water partition coefficient (Wildman–Crippen LogP) is 1.61. The molecular formula is C16H21N3O3. The van der Waals surface area contributed by atoms with Crippen molar-refractivity contribution in [2.24, 2.45) is 0 Å². The third-order valence-electron chi connectivity index (χ3n) is 4.61. The van der Waals surface area contributed by atoms with E-state index in [0.717, 1.165) is 18.5 Å². The smallest absolute Gasteiger partial charge is 0.405 e. The topological polar surface area (TPSA) is 72.9 Å². The number of nitrogens with zero attached hydrogens (tertiary/aromatic N) is 2. The van der Waals surface area contributed by atoms with Crippen molar-refractivity contribution in [3.8, 4) is 0 Å². The molecule has 0 spiro atoms. The Morgan fingerprint density at radius 2 is 2.14 bits per heavy atom. The Hall–Kier alpha value is -2.08. The molecule has 1 aromatic carbocycles. The Labute approximate surface area is 129 Å². The summed E-state index contributed by atoms with van der Waals surface area (Å²) in [5.41, 5.74) is 3.50. The Balaban J connectivity index is 1.80. The SMILES string of the molecule is CN(C)C1CCc2cc(N3CCC(NC(=O)O)C3=O)ccc21. The van der Waals surface area contributed by atoms with Gasteiger partial charge in [-0.2, -0.15) is 0 Å². The van der Waals surface area contributed by atoms with Gasteiger partial charge in [0.25, 0.3) is 0 Å². The van der Waals surface area contributed by atoms with Crippen molar-refractivity contribution in [1.29, 1.82) is 0 Å². The molecule has 2 N–H and O–H groups in total. The van der Waals surface area contributed by atoms with Crippen LogP contribution in [0, 0.1) is 0 Å². The van der Waals surface area contributed by atoms with Crippen molar-refractivity contribution in [2.75, 3.05) is 25.5 Å². The van der Waals surface area contributed by atoms with Gasteiger partial charge in [-0.3, -0.25) is 4.79 Å². The van der Waals surface area contributed by atoms with E-state index in [2.05, 4.69) is 36.4 Å². The third-order valence-corrected chi connectivity index (χ3v) is 4.61. The normalized spacial score (nSPS) is 24.0. The maximum Gasteiger partial charge on any atom is 0.405 e. The minimum Gasteiger partial charge on any atom is -0.465 e. The van der Waals surface area contributed by atoms with Gasteiger partial charge in [0.1, 0.15) is 6.04 Å². The molecule has 0 aromatic heterocycles. The number of fused-ring (bicyclic) bond motifs is 1. The van der Waals surface area contributed by atoms with Crippen LogP contribution in [0.25, 0.3) is 0 Å². The molecule has 2 atom stereocenters. The van der Waals surface area contributed by atoms with E-state index in [0.29, 0.717) is 19.0 Å². The fourth-order valence-electron chi connectivity index (χ4n) is 3.50. The highest BCUT2D eigenvalue weighted by atomic mass is 16.4. The fourth-order valence-corrected chi connectivity index (χ4v) is 3.50. The predicted molar refractivity (Wildman–Crippen MR) is 83.1 cm³/mol. The number of anilines is 1. The molecule has 22 heavy (non-hydrogen) atoms. The second kappa shape index (κ2) is 5.61. The van der Waals surface area contributed by atoms with E-state index in [1.54, 1.807) is 4.90 Å². The Bertz CT molecular complexity index is 615. The molecule has 3 rings (SSSR count). The highest BCUT2D eigenvalue weighted by molar-refractivity contribution is 6.00. The molecule has 1 aliphatic carbocycles. The van der Waals surface area contributed by atoms with Gasteiger partial charge in [-0.15, -0.1) is 0 Å². The number of nitrogens with one attached hydrogen (secondary N) is 1. The molecule has 2 amide bonds. The van der Waals surface area contributed by atoms with E-state index in [1.165, 1.54) is 11.1 Å². The van der Waals surface area contributed by atoms with Crippen LogP contribution in [0.2, 0.25) is 0 Å². The molecule has 6 heteroatoms. The van der Waals surface area contributed by atoms with Gasteiger partial charge in [0.05, 0.1) is 0 Å². The number of aryl methyl sites for hydroxylation is 1. The summed E-state index contributed by atoms with van der Waals surface area (Å²) in [5.74, 6) is -0.162. The summed E-state index contributed by atoms with van der Waals surface area (Å²) in [6.45, 7) is 0.555. The first kappa shape index (κ1) is 14.8. The molecular weight excluding hydrogens is 282 g/mol. The van der Waals surface area contributed by atoms with Gasteiger partial charge < -0.3 is 20.2 Å².